The number of hydrogen-bond donors (Lipinski definition) is 1. The van der Waals surface area contributed by atoms with Gasteiger partial charge in [0.2, 0.25) is 6.79 Å². The average molecular weight is 409 g/mol. The van der Waals surface area contributed by atoms with E-state index in [9.17, 15) is 17.6 Å². The second-order valence-corrected chi connectivity index (χ2v) is 8.21. The Morgan fingerprint density at radius 1 is 1.22 bits per heavy atom. The number of sulfonamides is 1. The van der Waals surface area contributed by atoms with Gasteiger partial charge in [-0.25, -0.2) is 17.6 Å². The number of carbonyl (C=O) groups is 1. The van der Waals surface area contributed by atoms with E-state index in [0.717, 1.165) is 24.5 Å². The fourth-order valence-electron chi connectivity index (χ4n) is 2.73. The van der Waals surface area contributed by atoms with Crippen LogP contribution >= 0.6 is 11.3 Å². The number of rotatable bonds is 4. The van der Waals surface area contributed by atoms with Gasteiger partial charge in [-0.15, -0.1) is 11.3 Å². The number of fused-ring (bicyclic) bond motifs is 2. The number of thiophene rings is 1. The summed E-state index contributed by atoms with van der Waals surface area (Å²) in [5.74, 6) is -0.739. The lowest BCUT2D eigenvalue weighted by molar-refractivity contribution is 0.0602. The third-order valence-corrected chi connectivity index (χ3v) is 6.60. The number of hydrogen-bond acceptors (Lipinski definition) is 7. The first kappa shape index (κ1) is 17.6. The van der Waals surface area contributed by atoms with Crippen molar-refractivity contribution in [2.45, 2.75) is 4.90 Å². The molecule has 140 valence electrons. The maximum atomic E-state index is 14.4. The number of anilines is 1. The Balaban J connectivity index is 1.85. The van der Waals surface area contributed by atoms with Gasteiger partial charge in [0.15, 0.2) is 11.5 Å². The zero-order valence-electron chi connectivity index (χ0n) is 13.8. The zero-order valence-corrected chi connectivity index (χ0v) is 15.4. The standard InChI is InChI=1S/C17H12FNO6S2/c1-23-17(20)15-16(14-10(18)3-2-4-13(14)26-15)27(21,22)19-9-5-6-11-12(7-9)25-8-24-11/h2-7,19H,8H2,1H3. The molecule has 0 saturated carbocycles. The van der Waals surface area contributed by atoms with E-state index < -0.39 is 26.7 Å². The van der Waals surface area contributed by atoms with Crippen molar-refractivity contribution < 1.29 is 31.8 Å². The van der Waals surface area contributed by atoms with Crippen LogP contribution in [0.5, 0.6) is 11.5 Å². The SMILES string of the molecule is COC(=O)c1sc2cccc(F)c2c1S(=O)(=O)Nc1ccc2c(c1)OCO2. The van der Waals surface area contributed by atoms with Gasteiger partial charge < -0.3 is 14.2 Å². The quantitative estimate of drug-likeness (QED) is 0.665. The van der Waals surface area contributed by atoms with Crippen LogP contribution in [-0.2, 0) is 14.8 Å². The molecule has 2 aromatic carbocycles. The predicted molar refractivity (Wildman–Crippen MR) is 96.5 cm³/mol. The number of benzene rings is 2. The van der Waals surface area contributed by atoms with Crippen LogP contribution in [0.25, 0.3) is 10.1 Å². The van der Waals surface area contributed by atoms with Crippen LogP contribution in [-0.4, -0.2) is 28.3 Å². The molecular weight excluding hydrogens is 397 g/mol. The molecule has 4 rings (SSSR count). The maximum absolute atomic E-state index is 14.4. The first-order valence-electron chi connectivity index (χ1n) is 7.62. The molecule has 0 aliphatic carbocycles. The molecule has 0 radical (unpaired) electrons. The molecule has 0 unspecified atom stereocenters. The Bertz CT molecular complexity index is 1170. The van der Waals surface area contributed by atoms with E-state index in [1.165, 1.54) is 24.3 Å². The van der Waals surface area contributed by atoms with Crippen LogP contribution in [0, 0.1) is 5.82 Å². The largest absolute Gasteiger partial charge is 0.465 e. The van der Waals surface area contributed by atoms with Gasteiger partial charge in [-0.2, -0.15) is 0 Å². The number of methoxy groups -OCH3 is 1. The molecular formula is C17H12FNO6S2. The molecule has 1 aliphatic heterocycles. The highest BCUT2D eigenvalue weighted by atomic mass is 32.2. The molecule has 3 aromatic rings. The number of esters is 1. The van der Waals surface area contributed by atoms with Crippen molar-refractivity contribution in [2.24, 2.45) is 0 Å². The van der Waals surface area contributed by atoms with E-state index in [1.54, 1.807) is 6.07 Å². The number of nitrogens with one attached hydrogen (secondary N) is 1. The van der Waals surface area contributed by atoms with E-state index >= 15 is 0 Å². The molecule has 0 amide bonds. The highest BCUT2D eigenvalue weighted by Crippen LogP contribution is 2.39. The monoisotopic (exact) mass is 409 g/mol. The first-order valence-corrected chi connectivity index (χ1v) is 9.92. The van der Waals surface area contributed by atoms with Crippen LogP contribution < -0.4 is 14.2 Å². The second-order valence-electron chi connectivity index (χ2n) is 5.54. The minimum Gasteiger partial charge on any atom is -0.465 e. The van der Waals surface area contributed by atoms with Crippen LogP contribution in [0.1, 0.15) is 9.67 Å². The second kappa shape index (κ2) is 6.39. The van der Waals surface area contributed by atoms with Gasteiger partial charge in [0.25, 0.3) is 10.0 Å². The number of ether oxygens (including phenoxy) is 3. The number of carbonyl (C=O) groups excluding carboxylic acids is 1. The van der Waals surface area contributed by atoms with Gasteiger partial charge >= 0.3 is 5.97 Å². The molecule has 1 aromatic heterocycles. The Morgan fingerprint density at radius 3 is 2.78 bits per heavy atom. The van der Waals surface area contributed by atoms with Crippen molar-refractivity contribution in [1.82, 2.24) is 0 Å². The lowest BCUT2D eigenvalue weighted by Gasteiger charge is -2.10. The third kappa shape index (κ3) is 2.96. The predicted octanol–water partition coefficient (Wildman–Crippen LogP) is 3.36. The molecule has 0 bridgehead atoms. The van der Waals surface area contributed by atoms with E-state index in [2.05, 4.69) is 9.46 Å². The van der Waals surface area contributed by atoms with Crippen molar-refractivity contribution >= 4 is 43.1 Å². The van der Waals surface area contributed by atoms with Crippen LogP contribution in [0.2, 0.25) is 0 Å². The van der Waals surface area contributed by atoms with Crippen LogP contribution in [0.4, 0.5) is 10.1 Å². The van der Waals surface area contributed by atoms with Crippen molar-refractivity contribution in [3.05, 3.63) is 47.1 Å². The molecule has 0 spiro atoms. The summed E-state index contributed by atoms with van der Waals surface area (Å²) in [7, 11) is -3.17. The maximum Gasteiger partial charge on any atom is 0.349 e. The summed E-state index contributed by atoms with van der Waals surface area (Å²) < 4.78 is 58.2. The molecule has 1 aliphatic rings. The summed E-state index contributed by atoms with van der Waals surface area (Å²) in [5, 5.41) is -0.156. The molecule has 0 atom stereocenters. The smallest absolute Gasteiger partial charge is 0.349 e. The molecule has 1 N–H and O–H groups in total. The highest BCUT2D eigenvalue weighted by Gasteiger charge is 2.31. The molecule has 10 heteroatoms. The van der Waals surface area contributed by atoms with Gasteiger partial charge in [-0.3, -0.25) is 4.72 Å². The van der Waals surface area contributed by atoms with Crippen molar-refractivity contribution in [3.8, 4) is 11.5 Å². The molecule has 7 nitrogen and oxygen atoms in total. The molecule has 2 heterocycles. The zero-order chi connectivity index (χ0) is 19.2. The van der Waals surface area contributed by atoms with Crippen molar-refractivity contribution in [2.75, 3.05) is 18.6 Å². The number of halogens is 1. The average Bonchev–Trinajstić information content (AvgIpc) is 3.25. The van der Waals surface area contributed by atoms with Gasteiger partial charge in [0.05, 0.1) is 12.8 Å². The highest BCUT2D eigenvalue weighted by molar-refractivity contribution is 7.93. The van der Waals surface area contributed by atoms with Gasteiger partial charge in [-0.1, -0.05) is 6.07 Å². The Labute approximate surface area is 157 Å². The lowest BCUT2D eigenvalue weighted by Crippen LogP contribution is -2.16. The minimum atomic E-state index is -4.30. The van der Waals surface area contributed by atoms with Gasteiger partial charge in [0, 0.05) is 16.2 Å². The third-order valence-electron chi connectivity index (χ3n) is 3.88. The summed E-state index contributed by atoms with van der Waals surface area (Å²) in [6, 6.07) is 8.59. The fraction of sp³-hybridized carbons (Fsp3) is 0.118. The summed E-state index contributed by atoms with van der Waals surface area (Å²) in [6.07, 6.45) is 0. The molecule has 0 fully saturated rings. The fourth-order valence-corrected chi connectivity index (χ4v) is 5.62. The van der Waals surface area contributed by atoms with Gasteiger partial charge in [0.1, 0.15) is 15.6 Å². The summed E-state index contributed by atoms with van der Waals surface area (Å²) >= 11 is 0.850. The van der Waals surface area contributed by atoms with E-state index in [4.69, 9.17) is 9.47 Å². The molecule has 0 saturated heterocycles. The summed E-state index contributed by atoms with van der Waals surface area (Å²) in [6.45, 7) is 0.0401. The Hall–Kier alpha value is -2.85. The van der Waals surface area contributed by atoms with E-state index in [-0.39, 0.29) is 22.7 Å². The Morgan fingerprint density at radius 2 is 2.00 bits per heavy atom. The van der Waals surface area contributed by atoms with E-state index in [1.807, 2.05) is 0 Å². The van der Waals surface area contributed by atoms with Crippen molar-refractivity contribution in [3.63, 3.8) is 0 Å². The van der Waals surface area contributed by atoms with Gasteiger partial charge in [-0.05, 0) is 24.3 Å². The lowest BCUT2D eigenvalue weighted by atomic mass is 10.2. The normalized spacial score (nSPS) is 13.0. The van der Waals surface area contributed by atoms with Crippen LogP contribution in [0.15, 0.2) is 41.3 Å². The first-order chi connectivity index (χ1) is 12.9. The summed E-state index contributed by atoms with van der Waals surface area (Å²) in [4.78, 5) is 11.4. The summed E-state index contributed by atoms with van der Waals surface area (Å²) in [5.41, 5.74) is 0.186. The molecule has 27 heavy (non-hydrogen) atoms. The van der Waals surface area contributed by atoms with Crippen molar-refractivity contribution in [1.29, 1.82) is 0 Å². The van der Waals surface area contributed by atoms with E-state index in [0.29, 0.717) is 16.2 Å². The Kier molecular flexibility index (Phi) is 4.16. The van der Waals surface area contributed by atoms with Crippen LogP contribution in [0.3, 0.4) is 0 Å². The topological polar surface area (TPSA) is 90.9 Å². The minimum absolute atomic E-state index is 0.0401.